The van der Waals surface area contributed by atoms with Crippen molar-refractivity contribution in [2.45, 2.75) is 46.0 Å². The summed E-state index contributed by atoms with van der Waals surface area (Å²) < 4.78 is 40.2. The van der Waals surface area contributed by atoms with Crippen molar-refractivity contribution in [3.8, 4) is 0 Å². The zero-order valence-electron chi connectivity index (χ0n) is 16.6. The molecule has 0 saturated heterocycles. The Bertz CT molecular complexity index is 750. The molecule has 0 fully saturated rings. The highest BCUT2D eigenvalue weighted by molar-refractivity contribution is 5.79. The maximum Gasteiger partial charge on any atom is 0.416 e. The Morgan fingerprint density at radius 2 is 1.93 bits per heavy atom. The van der Waals surface area contributed by atoms with E-state index in [-0.39, 0.29) is 0 Å². The molecule has 0 saturated carbocycles. The molecular formula is C20H28F3N5. The second-order valence-electron chi connectivity index (χ2n) is 6.66. The SMILES string of the molecule is CCNC(=NCCCCn1ccnc1C)N(C)Cc1ccc(C(F)(F)F)cc1. The molecule has 5 nitrogen and oxygen atoms in total. The summed E-state index contributed by atoms with van der Waals surface area (Å²) in [4.78, 5) is 10.8. The van der Waals surface area contributed by atoms with Gasteiger partial charge in [0.15, 0.2) is 5.96 Å². The van der Waals surface area contributed by atoms with Gasteiger partial charge in [0, 0.05) is 45.6 Å². The minimum Gasteiger partial charge on any atom is -0.357 e. The van der Waals surface area contributed by atoms with Crippen molar-refractivity contribution in [1.29, 1.82) is 0 Å². The lowest BCUT2D eigenvalue weighted by Crippen LogP contribution is -2.38. The minimum atomic E-state index is -4.31. The van der Waals surface area contributed by atoms with E-state index in [4.69, 9.17) is 0 Å². The highest BCUT2D eigenvalue weighted by atomic mass is 19.4. The molecule has 0 spiro atoms. The van der Waals surface area contributed by atoms with E-state index < -0.39 is 11.7 Å². The van der Waals surface area contributed by atoms with E-state index in [1.165, 1.54) is 12.1 Å². The Morgan fingerprint density at radius 3 is 2.50 bits per heavy atom. The highest BCUT2D eigenvalue weighted by Crippen LogP contribution is 2.29. The van der Waals surface area contributed by atoms with Crippen molar-refractivity contribution < 1.29 is 13.2 Å². The summed E-state index contributed by atoms with van der Waals surface area (Å²) in [7, 11) is 1.88. The second-order valence-corrected chi connectivity index (χ2v) is 6.66. The van der Waals surface area contributed by atoms with Gasteiger partial charge >= 0.3 is 6.18 Å². The van der Waals surface area contributed by atoms with Crippen molar-refractivity contribution in [2.24, 2.45) is 4.99 Å². The number of benzene rings is 1. The number of aryl methyl sites for hydroxylation is 2. The van der Waals surface area contributed by atoms with Crippen molar-refractivity contribution >= 4 is 5.96 Å². The molecule has 28 heavy (non-hydrogen) atoms. The minimum absolute atomic E-state index is 0.484. The van der Waals surface area contributed by atoms with Gasteiger partial charge in [0.1, 0.15) is 5.82 Å². The molecule has 1 heterocycles. The summed E-state index contributed by atoms with van der Waals surface area (Å²) in [5, 5.41) is 3.23. The van der Waals surface area contributed by atoms with Gasteiger partial charge in [0.2, 0.25) is 0 Å². The van der Waals surface area contributed by atoms with Gasteiger partial charge in [-0.3, -0.25) is 4.99 Å². The molecule has 1 N–H and O–H groups in total. The molecule has 154 valence electrons. The van der Waals surface area contributed by atoms with Gasteiger partial charge in [0.05, 0.1) is 5.56 Å². The molecular weight excluding hydrogens is 367 g/mol. The van der Waals surface area contributed by atoms with Crippen LogP contribution < -0.4 is 5.32 Å². The lowest BCUT2D eigenvalue weighted by atomic mass is 10.1. The van der Waals surface area contributed by atoms with Crippen molar-refractivity contribution in [1.82, 2.24) is 19.8 Å². The van der Waals surface area contributed by atoms with Gasteiger partial charge in [-0.05, 0) is 44.4 Å². The quantitative estimate of drug-likeness (QED) is 0.416. The van der Waals surface area contributed by atoms with E-state index in [1.54, 1.807) is 6.20 Å². The first-order valence-electron chi connectivity index (χ1n) is 9.44. The number of rotatable bonds is 8. The molecule has 1 aromatic carbocycles. The molecule has 0 radical (unpaired) electrons. The van der Waals surface area contributed by atoms with Gasteiger partial charge in [-0.25, -0.2) is 4.98 Å². The number of halogens is 3. The number of hydrogen-bond acceptors (Lipinski definition) is 2. The molecule has 0 bridgehead atoms. The average molecular weight is 395 g/mol. The molecule has 0 amide bonds. The lowest BCUT2D eigenvalue weighted by Gasteiger charge is -2.22. The van der Waals surface area contributed by atoms with E-state index in [0.717, 1.165) is 55.4 Å². The number of nitrogens with one attached hydrogen (secondary N) is 1. The van der Waals surface area contributed by atoms with Crippen LogP contribution in [0.4, 0.5) is 13.2 Å². The van der Waals surface area contributed by atoms with E-state index >= 15 is 0 Å². The third kappa shape index (κ3) is 6.58. The van der Waals surface area contributed by atoms with Gasteiger partial charge in [-0.1, -0.05) is 12.1 Å². The number of guanidine groups is 1. The number of hydrogen-bond donors (Lipinski definition) is 1. The molecule has 2 rings (SSSR count). The molecule has 1 aromatic heterocycles. The largest absolute Gasteiger partial charge is 0.416 e. The Kier molecular flexibility index (Phi) is 7.90. The van der Waals surface area contributed by atoms with Crippen LogP contribution in [0, 0.1) is 6.92 Å². The third-order valence-electron chi connectivity index (χ3n) is 4.39. The predicted octanol–water partition coefficient (Wildman–Crippen LogP) is 4.09. The summed E-state index contributed by atoms with van der Waals surface area (Å²) in [5.74, 6) is 1.76. The first-order chi connectivity index (χ1) is 13.3. The van der Waals surface area contributed by atoms with E-state index in [0.29, 0.717) is 13.1 Å². The Morgan fingerprint density at radius 1 is 1.21 bits per heavy atom. The van der Waals surface area contributed by atoms with Crippen LogP contribution in [0.5, 0.6) is 0 Å². The van der Waals surface area contributed by atoms with Gasteiger partial charge in [-0.15, -0.1) is 0 Å². The number of alkyl halides is 3. The van der Waals surface area contributed by atoms with Gasteiger partial charge in [0.25, 0.3) is 0 Å². The third-order valence-corrected chi connectivity index (χ3v) is 4.39. The molecule has 8 heteroatoms. The molecule has 2 aromatic rings. The maximum atomic E-state index is 12.7. The highest BCUT2D eigenvalue weighted by Gasteiger charge is 2.29. The van der Waals surface area contributed by atoms with Gasteiger partial charge < -0.3 is 14.8 Å². The van der Waals surface area contributed by atoms with Crippen LogP contribution in [0.25, 0.3) is 0 Å². The zero-order chi connectivity index (χ0) is 20.6. The summed E-state index contributed by atoms with van der Waals surface area (Å²) in [6.45, 7) is 6.79. The Hall–Kier alpha value is -2.51. The number of unbranched alkanes of at least 4 members (excludes halogenated alkanes) is 1. The summed E-state index contributed by atoms with van der Waals surface area (Å²) >= 11 is 0. The summed E-state index contributed by atoms with van der Waals surface area (Å²) in [6.07, 6.45) is 1.41. The smallest absolute Gasteiger partial charge is 0.357 e. The Balaban J connectivity index is 1.86. The second kappa shape index (κ2) is 10.1. The first kappa shape index (κ1) is 21.8. The van der Waals surface area contributed by atoms with E-state index in [1.807, 2.05) is 32.0 Å². The van der Waals surface area contributed by atoms with E-state index in [2.05, 4.69) is 19.9 Å². The number of aromatic nitrogens is 2. The zero-order valence-corrected chi connectivity index (χ0v) is 16.6. The van der Waals surface area contributed by atoms with E-state index in [9.17, 15) is 13.2 Å². The molecule has 0 aliphatic rings. The van der Waals surface area contributed by atoms with Crippen LogP contribution in [0.1, 0.15) is 36.7 Å². The lowest BCUT2D eigenvalue weighted by molar-refractivity contribution is -0.137. The Labute approximate surface area is 164 Å². The summed E-state index contributed by atoms with van der Waals surface area (Å²) in [5.41, 5.74) is 0.171. The topological polar surface area (TPSA) is 45.5 Å². The fourth-order valence-electron chi connectivity index (χ4n) is 2.84. The number of imidazole rings is 1. The fraction of sp³-hybridized carbons (Fsp3) is 0.500. The van der Waals surface area contributed by atoms with Gasteiger partial charge in [-0.2, -0.15) is 13.2 Å². The molecule has 0 unspecified atom stereocenters. The first-order valence-corrected chi connectivity index (χ1v) is 9.44. The monoisotopic (exact) mass is 395 g/mol. The predicted molar refractivity (Wildman–Crippen MR) is 105 cm³/mol. The molecule has 0 atom stereocenters. The van der Waals surface area contributed by atoms with Crippen LogP contribution >= 0.6 is 0 Å². The van der Waals surface area contributed by atoms with Crippen molar-refractivity contribution in [2.75, 3.05) is 20.1 Å². The van der Waals surface area contributed by atoms with Crippen LogP contribution in [0.2, 0.25) is 0 Å². The maximum absolute atomic E-state index is 12.7. The normalized spacial score (nSPS) is 12.3. The van der Waals surface area contributed by atoms with Crippen LogP contribution in [-0.2, 0) is 19.3 Å². The van der Waals surface area contributed by atoms with Crippen LogP contribution in [-0.4, -0.2) is 40.5 Å². The van der Waals surface area contributed by atoms with Crippen molar-refractivity contribution in [3.05, 3.63) is 53.6 Å². The summed E-state index contributed by atoms with van der Waals surface area (Å²) in [6, 6.07) is 5.25. The molecule has 0 aliphatic heterocycles. The molecule has 0 aliphatic carbocycles. The van der Waals surface area contributed by atoms with Crippen LogP contribution in [0.15, 0.2) is 41.7 Å². The average Bonchev–Trinajstić information content (AvgIpc) is 3.05. The van der Waals surface area contributed by atoms with Crippen LogP contribution in [0.3, 0.4) is 0 Å². The van der Waals surface area contributed by atoms with Crippen molar-refractivity contribution in [3.63, 3.8) is 0 Å². The standard InChI is InChI=1S/C20H28F3N5/c1-4-24-19(26-11-5-6-13-28-14-12-25-16(28)2)27(3)15-17-7-9-18(10-8-17)20(21,22)23/h7-10,12,14H,4-6,11,13,15H2,1-3H3,(H,24,26). The fourth-order valence-corrected chi connectivity index (χ4v) is 2.84. The number of aliphatic imine (C=N–C) groups is 1. The number of nitrogens with zero attached hydrogens (tertiary/aromatic N) is 4.